The van der Waals surface area contributed by atoms with Gasteiger partial charge in [-0.15, -0.1) is 12.4 Å². The Bertz CT molecular complexity index is 305. The number of halogens is 1. The van der Waals surface area contributed by atoms with Crippen molar-refractivity contribution in [3.63, 3.8) is 0 Å². The van der Waals surface area contributed by atoms with E-state index >= 15 is 0 Å². The van der Waals surface area contributed by atoms with E-state index < -0.39 is 12.0 Å². The first kappa shape index (κ1) is 19.2. The van der Waals surface area contributed by atoms with E-state index in [0.717, 1.165) is 32.2 Å². The summed E-state index contributed by atoms with van der Waals surface area (Å²) in [6.07, 6.45) is 4.24. The molecule has 2 N–H and O–H groups in total. The largest absolute Gasteiger partial charge is 0.480 e. The highest BCUT2D eigenvalue weighted by atomic mass is 35.5. The SMILES string of the molecule is CCCCNC(=O)C1CCN(C(CC)C(=O)O)CC1.Cl. The Labute approximate surface area is 127 Å². The third-order valence-electron chi connectivity index (χ3n) is 3.84. The number of carboxylic acid groups (broad SMARTS) is 1. The summed E-state index contributed by atoms with van der Waals surface area (Å²) in [6, 6.07) is -0.399. The van der Waals surface area contributed by atoms with Gasteiger partial charge < -0.3 is 10.4 Å². The van der Waals surface area contributed by atoms with Gasteiger partial charge in [-0.05, 0) is 38.8 Å². The fourth-order valence-electron chi connectivity index (χ4n) is 2.60. The Morgan fingerprint density at radius 1 is 1.30 bits per heavy atom. The van der Waals surface area contributed by atoms with Crippen LogP contribution in [0.3, 0.4) is 0 Å². The van der Waals surface area contributed by atoms with Crippen molar-refractivity contribution < 1.29 is 14.7 Å². The lowest BCUT2D eigenvalue weighted by Gasteiger charge is -2.34. The number of aliphatic carboxylic acids is 1. The van der Waals surface area contributed by atoms with Gasteiger partial charge in [-0.3, -0.25) is 14.5 Å². The molecule has 0 aromatic rings. The van der Waals surface area contributed by atoms with Crippen LogP contribution in [0.2, 0.25) is 0 Å². The van der Waals surface area contributed by atoms with Crippen LogP contribution in [-0.2, 0) is 9.59 Å². The number of nitrogens with one attached hydrogen (secondary N) is 1. The quantitative estimate of drug-likeness (QED) is 0.705. The number of hydrogen-bond donors (Lipinski definition) is 2. The molecule has 1 amide bonds. The van der Waals surface area contributed by atoms with Crippen molar-refractivity contribution in [2.24, 2.45) is 5.92 Å². The molecule has 1 atom stereocenters. The number of likely N-dealkylation sites (tertiary alicyclic amines) is 1. The molecule has 118 valence electrons. The summed E-state index contributed by atoms with van der Waals surface area (Å²) < 4.78 is 0. The molecule has 1 aliphatic heterocycles. The minimum Gasteiger partial charge on any atom is -0.480 e. The second kappa shape index (κ2) is 10.00. The van der Waals surface area contributed by atoms with E-state index in [4.69, 9.17) is 5.11 Å². The number of nitrogens with zero attached hydrogens (tertiary/aromatic N) is 1. The van der Waals surface area contributed by atoms with Gasteiger partial charge in [0, 0.05) is 12.5 Å². The molecule has 1 heterocycles. The second-order valence-corrected chi connectivity index (χ2v) is 5.22. The van der Waals surface area contributed by atoms with Crippen molar-refractivity contribution >= 4 is 24.3 Å². The first-order valence-electron chi connectivity index (χ1n) is 7.34. The number of carboxylic acids is 1. The predicted octanol–water partition coefficient (Wildman–Crippen LogP) is 1.90. The number of unbranched alkanes of at least 4 members (excludes halogenated alkanes) is 1. The molecule has 5 nitrogen and oxygen atoms in total. The lowest BCUT2D eigenvalue weighted by molar-refractivity contribution is -0.144. The highest BCUT2D eigenvalue weighted by molar-refractivity contribution is 5.85. The van der Waals surface area contributed by atoms with Gasteiger partial charge in [0.25, 0.3) is 0 Å². The summed E-state index contributed by atoms with van der Waals surface area (Å²) in [5.41, 5.74) is 0. The molecule has 1 fully saturated rings. The topological polar surface area (TPSA) is 69.6 Å². The molecule has 0 saturated carbocycles. The van der Waals surface area contributed by atoms with E-state index in [1.54, 1.807) is 0 Å². The van der Waals surface area contributed by atoms with Crippen LogP contribution in [0, 0.1) is 5.92 Å². The van der Waals surface area contributed by atoms with Crippen LogP contribution < -0.4 is 5.32 Å². The highest BCUT2D eigenvalue weighted by Crippen LogP contribution is 2.20. The Morgan fingerprint density at radius 3 is 2.35 bits per heavy atom. The van der Waals surface area contributed by atoms with E-state index in [1.165, 1.54) is 0 Å². The van der Waals surface area contributed by atoms with Gasteiger partial charge in [-0.2, -0.15) is 0 Å². The Balaban J connectivity index is 0.00000361. The van der Waals surface area contributed by atoms with Crippen molar-refractivity contribution in [1.82, 2.24) is 10.2 Å². The molecular weight excluding hydrogens is 280 g/mol. The molecule has 1 aliphatic rings. The number of carbonyl (C=O) groups is 2. The van der Waals surface area contributed by atoms with Crippen LogP contribution in [-0.4, -0.2) is 47.6 Å². The number of hydrogen-bond acceptors (Lipinski definition) is 3. The zero-order valence-corrected chi connectivity index (χ0v) is 13.2. The van der Waals surface area contributed by atoms with Gasteiger partial charge in [-0.1, -0.05) is 20.3 Å². The van der Waals surface area contributed by atoms with Crippen molar-refractivity contribution in [3.8, 4) is 0 Å². The monoisotopic (exact) mass is 306 g/mol. The average Bonchev–Trinajstić information content (AvgIpc) is 2.40. The van der Waals surface area contributed by atoms with Crippen molar-refractivity contribution in [1.29, 1.82) is 0 Å². The maximum atomic E-state index is 11.9. The van der Waals surface area contributed by atoms with Crippen molar-refractivity contribution in [2.45, 2.75) is 52.0 Å². The molecular formula is C14H27ClN2O3. The second-order valence-electron chi connectivity index (χ2n) is 5.22. The molecule has 0 aliphatic carbocycles. The number of carbonyl (C=O) groups excluding carboxylic acids is 1. The van der Waals surface area contributed by atoms with Crippen LogP contribution in [0.4, 0.5) is 0 Å². The normalized spacial score (nSPS) is 18.1. The standard InChI is InChI=1S/C14H26N2O3.ClH/c1-3-5-8-15-13(17)11-6-9-16(10-7-11)12(4-2)14(18)19;/h11-12H,3-10H2,1-2H3,(H,15,17)(H,18,19);1H. The van der Waals surface area contributed by atoms with Crippen LogP contribution in [0.5, 0.6) is 0 Å². The number of amides is 1. The van der Waals surface area contributed by atoms with Crippen LogP contribution >= 0.6 is 12.4 Å². The first-order chi connectivity index (χ1) is 9.10. The molecule has 0 bridgehead atoms. The molecule has 0 aromatic carbocycles. The van der Waals surface area contributed by atoms with E-state index in [0.29, 0.717) is 19.5 Å². The Hall–Kier alpha value is -0.810. The smallest absolute Gasteiger partial charge is 0.320 e. The van der Waals surface area contributed by atoms with E-state index in [1.807, 2.05) is 11.8 Å². The zero-order valence-electron chi connectivity index (χ0n) is 12.4. The maximum Gasteiger partial charge on any atom is 0.320 e. The molecule has 0 spiro atoms. The van der Waals surface area contributed by atoms with Gasteiger partial charge in [0.15, 0.2) is 0 Å². The van der Waals surface area contributed by atoms with Gasteiger partial charge in [-0.25, -0.2) is 0 Å². The maximum absolute atomic E-state index is 11.9. The summed E-state index contributed by atoms with van der Waals surface area (Å²) in [5.74, 6) is -0.566. The van der Waals surface area contributed by atoms with Gasteiger partial charge in [0.1, 0.15) is 6.04 Å². The fourth-order valence-corrected chi connectivity index (χ4v) is 2.60. The predicted molar refractivity (Wildman–Crippen MR) is 81.2 cm³/mol. The average molecular weight is 307 g/mol. The molecule has 1 saturated heterocycles. The minimum atomic E-state index is -0.756. The van der Waals surface area contributed by atoms with Crippen LogP contribution in [0.1, 0.15) is 46.0 Å². The molecule has 0 radical (unpaired) electrons. The summed E-state index contributed by atoms with van der Waals surface area (Å²) in [6.45, 7) is 6.15. The third kappa shape index (κ3) is 5.67. The Kier molecular flexibility index (Phi) is 9.59. The fraction of sp³-hybridized carbons (Fsp3) is 0.857. The number of piperidine rings is 1. The van der Waals surface area contributed by atoms with E-state index in [2.05, 4.69) is 12.2 Å². The Morgan fingerprint density at radius 2 is 1.90 bits per heavy atom. The highest BCUT2D eigenvalue weighted by Gasteiger charge is 2.30. The minimum absolute atomic E-state index is 0. The summed E-state index contributed by atoms with van der Waals surface area (Å²) in [5, 5.41) is 12.1. The molecule has 1 unspecified atom stereocenters. The van der Waals surface area contributed by atoms with Crippen LogP contribution in [0.25, 0.3) is 0 Å². The molecule has 20 heavy (non-hydrogen) atoms. The van der Waals surface area contributed by atoms with Crippen molar-refractivity contribution in [3.05, 3.63) is 0 Å². The summed E-state index contributed by atoms with van der Waals surface area (Å²) in [4.78, 5) is 25.0. The summed E-state index contributed by atoms with van der Waals surface area (Å²) >= 11 is 0. The van der Waals surface area contributed by atoms with Crippen molar-refractivity contribution in [2.75, 3.05) is 19.6 Å². The lowest BCUT2D eigenvalue weighted by atomic mass is 9.94. The third-order valence-corrected chi connectivity index (χ3v) is 3.84. The summed E-state index contributed by atoms with van der Waals surface area (Å²) in [7, 11) is 0. The molecule has 6 heteroatoms. The molecule has 1 rings (SSSR count). The van der Waals surface area contributed by atoms with Gasteiger partial charge >= 0.3 is 5.97 Å². The lowest BCUT2D eigenvalue weighted by Crippen LogP contribution is -2.47. The van der Waals surface area contributed by atoms with Crippen LogP contribution in [0.15, 0.2) is 0 Å². The van der Waals surface area contributed by atoms with E-state index in [-0.39, 0.29) is 24.2 Å². The van der Waals surface area contributed by atoms with E-state index in [9.17, 15) is 9.59 Å². The first-order valence-corrected chi connectivity index (χ1v) is 7.34. The van der Waals surface area contributed by atoms with Gasteiger partial charge in [0.05, 0.1) is 0 Å². The van der Waals surface area contributed by atoms with Gasteiger partial charge in [0.2, 0.25) is 5.91 Å². The number of rotatable bonds is 7. The zero-order chi connectivity index (χ0) is 14.3. The molecule has 0 aromatic heterocycles.